The Balaban J connectivity index is 2.54. The average molecular weight is 364 g/mol. The van der Waals surface area contributed by atoms with Gasteiger partial charge in [-0.1, -0.05) is 0 Å². The third-order valence-corrected chi connectivity index (χ3v) is 2.84. The Morgan fingerprint density at radius 2 is 1.89 bits per heavy atom. The number of rotatable bonds is 5. The molecule has 2 amide bonds. The molecule has 0 aliphatic carbocycles. The maximum Gasteiger partial charge on any atom is 0.326 e. The highest BCUT2D eigenvalue weighted by atomic mass is 127. The van der Waals surface area contributed by atoms with Crippen LogP contribution in [-0.4, -0.2) is 34.9 Å². The van der Waals surface area contributed by atoms with Gasteiger partial charge in [-0.25, -0.2) is 9.59 Å². The number of hydrogen-bond donors (Lipinski definition) is 4. The quantitative estimate of drug-likeness (QED) is 0.591. The predicted molar refractivity (Wildman–Crippen MR) is 74.4 cm³/mol. The lowest BCUT2D eigenvalue weighted by molar-refractivity contribution is -0.139. The number of carboxylic acids is 1. The summed E-state index contributed by atoms with van der Waals surface area (Å²) < 4.78 is 1.03. The summed E-state index contributed by atoms with van der Waals surface area (Å²) in [5.41, 5.74) is 0.570. The Morgan fingerprint density at radius 3 is 2.39 bits per heavy atom. The molecule has 0 fully saturated rings. The number of aliphatic carboxylic acids is 1. The van der Waals surface area contributed by atoms with Crippen LogP contribution >= 0.6 is 22.6 Å². The third-order valence-electron chi connectivity index (χ3n) is 2.12. The van der Waals surface area contributed by atoms with E-state index in [1.165, 1.54) is 0 Å². The van der Waals surface area contributed by atoms with Crippen molar-refractivity contribution in [1.29, 1.82) is 0 Å². The van der Waals surface area contributed by atoms with E-state index in [0.29, 0.717) is 5.69 Å². The molecule has 7 heteroatoms. The van der Waals surface area contributed by atoms with Crippen molar-refractivity contribution in [3.63, 3.8) is 0 Å². The van der Waals surface area contributed by atoms with Crippen molar-refractivity contribution in [1.82, 2.24) is 5.32 Å². The first-order valence-electron chi connectivity index (χ1n) is 5.19. The lowest BCUT2D eigenvalue weighted by Crippen LogP contribution is -2.43. The van der Waals surface area contributed by atoms with Crippen LogP contribution in [0, 0.1) is 3.57 Å². The number of aliphatic hydroxyl groups excluding tert-OH is 1. The number of hydrogen-bond acceptors (Lipinski definition) is 3. The zero-order valence-corrected chi connectivity index (χ0v) is 11.5. The molecule has 1 rings (SSSR count). The van der Waals surface area contributed by atoms with E-state index in [1.807, 2.05) is 12.1 Å². The molecule has 1 aromatic carbocycles. The Hall–Kier alpha value is -1.35. The Bertz CT molecular complexity index is 422. The summed E-state index contributed by atoms with van der Waals surface area (Å²) in [7, 11) is 0. The number of benzene rings is 1. The monoisotopic (exact) mass is 364 g/mol. The molecular formula is C11H13IN2O4. The van der Waals surface area contributed by atoms with Gasteiger partial charge in [0.1, 0.15) is 6.04 Å². The number of carbonyl (C=O) groups is 2. The van der Waals surface area contributed by atoms with Gasteiger partial charge in [0.05, 0.1) is 0 Å². The Kier molecular flexibility index (Phi) is 5.86. The molecule has 1 atom stereocenters. The second kappa shape index (κ2) is 7.17. The Labute approximate surface area is 118 Å². The van der Waals surface area contributed by atoms with E-state index in [1.54, 1.807) is 12.1 Å². The van der Waals surface area contributed by atoms with Crippen LogP contribution in [0.25, 0.3) is 0 Å². The molecule has 98 valence electrons. The molecule has 6 nitrogen and oxygen atoms in total. The van der Waals surface area contributed by atoms with Crippen LogP contribution in [0.2, 0.25) is 0 Å². The number of urea groups is 1. The smallest absolute Gasteiger partial charge is 0.326 e. The van der Waals surface area contributed by atoms with E-state index in [4.69, 9.17) is 10.2 Å². The van der Waals surface area contributed by atoms with E-state index < -0.39 is 18.0 Å². The minimum atomic E-state index is -1.18. The summed E-state index contributed by atoms with van der Waals surface area (Å²) in [4.78, 5) is 22.3. The topological polar surface area (TPSA) is 98.7 Å². The number of carbonyl (C=O) groups excluding carboxylic acids is 1. The van der Waals surface area contributed by atoms with E-state index >= 15 is 0 Å². The minimum Gasteiger partial charge on any atom is -0.480 e. The van der Waals surface area contributed by atoms with Crippen LogP contribution in [0.1, 0.15) is 6.42 Å². The van der Waals surface area contributed by atoms with Crippen molar-refractivity contribution in [2.24, 2.45) is 0 Å². The van der Waals surface area contributed by atoms with Gasteiger partial charge in [-0.05, 0) is 46.9 Å². The average Bonchev–Trinajstić information content (AvgIpc) is 2.31. The highest BCUT2D eigenvalue weighted by Crippen LogP contribution is 2.10. The van der Waals surface area contributed by atoms with Crippen molar-refractivity contribution in [2.75, 3.05) is 11.9 Å². The molecular weight excluding hydrogens is 351 g/mol. The van der Waals surface area contributed by atoms with Crippen LogP contribution in [0.4, 0.5) is 10.5 Å². The predicted octanol–water partition coefficient (Wildman–Crippen LogP) is 1.25. The summed E-state index contributed by atoms with van der Waals surface area (Å²) in [5.74, 6) is -1.18. The Morgan fingerprint density at radius 1 is 1.28 bits per heavy atom. The van der Waals surface area contributed by atoms with Gasteiger partial charge in [0, 0.05) is 22.3 Å². The number of aliphatic hydroxyl groups is 1. The van der Waals surface area contributed by atoms with Gasteiger partial charge in [0.2, 0.25) is 0 Å². The summed E-state index contributed by atoms with van der Waals surface area (Å²) in [5, 5.41) is 22.3. The second-order valence-corrected chi connectivity index (χ2v) is 4.75. The third kappa shape index (κ3) is 4.88. The zero-order chi connectivity index (χ0) is 13.5. The second-order valence-electron chi connectivity index (χ2n) is 3.51. The fourth-order valence-electron chi connectivity index (χ4n) is 1.25. The highest BCUT2D eigenvalue weighted by Gasteiger charge is 2.18. The fraction of sp³-hybridized carbons (Fsp3) is 0.273. The highest BCUT2D eigenvalue weighted by molar-refractivity contribution is 14.1. The van der Waals surface area contributed by atoms with Gasteiger partial charge in [0.25, 0.3) is 0 Å². The number of carboxylic acid groups (broad SMARTS) is 1. The molecule has 0 heterocycles. The molecule has 0 bridgehead atoms. The van der Waals surface area contributed by atoms with E-state index in [0.717, 1.165) is 3.57 Å². The van der Waals surface area contributed by atoms with Crippen LogP contribution in [-0.2, 0) is 4.79 Å². The maximum absolute atomic E-state index is 11.5. The molecule has 1 aromatic rings. The van der Waals surface area contributed by atoms with Gasteiger partial charge in [-0.3, -0.25) is 0 Å². The SMILES string of the molecule is O=C(Nc1ccc(I)cc1)N[C@H](CCO)C(=O)O. The van der Waals surface area contributed by atoms with Crippen LogP contribution in [0.3, 0.4) is 0 Å². The molecule has 0 saturated carbocycles. The van der Waals surface area contributed by atoms with Gasteiger partial charge < -0.3 is 20.8 Å². The minimum absolute atomic E-state index is 0.0323. The number of anilines is 1. The standard InChI is InChI=1S/C11H13IN2O4/c12-7-1-3-8(4-2-7)13-11(18)14-9(5-6-15)10(16)17/h1-4,9,15H,5-6H2,(H,16,17)(H2,13,14,18)/t9-/m1/s1. The summed E-state index contributed by atoms with van der Waals surface area (Å²) in [6, 6.07) is 5.35. The van der Waals surface area contributed by atoms with Gasteiger partial charge in [-0.2, -0.15) is 0 Å². The van der Waals surface area contributed by atoms with Crippen molar-refractivity contribution < 1.29 is 19.8 Å². The van der Waals surface area contributed by atoms with Gasteiger partial charge in [0.15, 0.2) is 0 Å². The molecule has 0 radical (unpaired) electrons. The fourth-order valence-corrected chi connectivity index (χ4v) is 1.60. The largest absolute Gasteiger partial charge is 0.480 e. The van der Waals surface area contributed by atoms with Crippen LogP contribution < -0.4 is 10.6 Å². The zero-order valence-electron chi connectivity index (χ0n) is 9.39. The van der Waals surface area contributed by atoms with Crippen molar-refractivity contribution >= 4 is 40.3 Å². The van der Waals surface area contributed by atoms with E-state index in [-0.39, 0.29) is 13.0 Å². The molecule has 0 spiro atoms. The summed E-state index contributed by atoms with van der Waals surface area (Å²) in [6.07, 6.45) is -0.0323. The van der Waals surface area contributed by atoms with Crippen molar-refractivity contribution in [2.45, 2.75) is 12.5 Å². The first-order valence-corrected chi connectivity index (χ1v) is 6.27. The van der Waals surface area contributed by atoms with Gasteiger partial charge in [-0.15, -0.1) is 0 Å². The normalized spacial score (nSPS) is 11.7. The summed E-state index contributed by atoms with van der Waals surface area (Å²) in [6.45, 7) is -0.305. The van der Waals surface area contributed by atoms with E-state index in [9.17, 15) is 9.59 Å². The summed E-state index contributed by atoms with van der Waals surface area (Å²) >= 11 is 2.14. The lowest BCUT2D eigenvalue weighted by atomic mass is 10.2. The molecule has 0 saturated heterocycles. The number of halogens is 1. The maximum atomic E-state index is 11.5. The number of amides is 2. The van der Waals surface area contributed by atoms with Crippen LogP contribution in [0.15, 0.2) is 24.3 Å². The first kappa shape index (κ1) is 14.7. The molecule has 0 aliphatic rings. The number of nitrogens with one attached hydrogen (secondary N) is 2. The van der Waals surface area contributed by atoms with Gasteiger partial charge >= 0.3 is 12.0 Å². The van der Waals surface area contributed by atoms with E-state index in [2.05, 4.69) is 33.2 Å². The van der Waals surface area contributed by atoms with Crippen LogP contribution in [0.5, 0.6) is 0 Å². The molecule has 0 aliphatic heterocycles. The first-order chi connectivity index (χ1) is 8.52. The van der Waals surface area contributed by atoms with Crippen molar-refractivity contribution in [3.05, 3.63) is 27.8 Å². The molecule has 4 N–H and O–H groups in total. The molecule has 0 aromatic heterocycles. The van der Waals surface area contributed by atoms with Crippen molar-refractivity contribution in [3.8, 4) is 0 Å². The lowest BCUT2D eigenvalue weighted by Gasteiger charge is -2.14. The molecule has 18 heavy (non-hydrogen) atoms. The molecule has 0 unspecified atom stereocenters.